The molecule has 1 saturated heterocycles. The van der Waals surface area contributed by atoms with E-state index in [1.165, 1.54) is 49.4 Å². The summed E-state index contributed by atoms with van der Waals surface area (Å²) in [5, 5.41) is 12.7. The van der Waals surface area contributed by atoms with Crippen molar-refractivity contribution in [2.24, 2.45) is 5.92 Å². The van der Waals surface area contributed by atoms with Crippen LogP contribution in [0.3, 0.4) is 0 Å². The lowest BCUT2D eigenvalue weighted by Crippen LogP contribution is -2.34. The van der Waals surface area contributed by atoms with Gasteiger partial charge >= 0.3 is 5.97 Å². The van der Waals surface area contributed by atoms with E-state index in [9.17, 15) is 14.7 Å². The molecular weight excluding hydrogens is 432 g/mol. The van der Waals surface area contributed by atoms with E-state index in [2.05, 4.69) is 34.5 Å². The van der Waals surface area contributed by atoms with Gasteiger partial charge in [-0.2, -0.15) is 0 Å². The van der Waals surface area contributed by atoms with Crippen molar-refractivity contribution in [2.75, 3.05) is 24.6 Å². The van der Waals surface area contributed by atoms with Gasteiger partial charge in [-0.05, 0) is 67.9 Å². The maximum Gasteiger partial charge on any atom is 0.339 e. The molecule has 4 N–H and O–H groups in total. The number of carbonyl (C=O) groups excluding carboxylic acids is 1. The molecule has 1 aliphatic carbocycles. The van der Waals surface area contributed by atoms with Crippen LogP contribution in [0.2, 0.25) is 0 Å². The first-order valence-corrected chi connectivity index (χ1v) is 12.2. The lowest BCUT2D eigenvalue weighted by atomic mass is 9.97. The van der Waals surface area contributed by atoms with Crippen LogP contribution in [0.25, 0.3) is 0 Å². The number of nitrogens with zero attached hydrogens (tertiary/aromatic N) is 1. The third-order valence-electron chi connectivity index (χ3n) is 6.55. The van der Waals surface area contributed by atoms with Crippen LogP contribution in [-0.4, -0.2) is 42.2 Å². The molecule has 2 aromatic rings. The number of anilines is 1. The van der Waals surface area contributed by atoms with Crippen LogP contribution in [0, 0.1) is 5.92 Å². The summed E-state index contributed by atoms with van der Waals surface area (Å²) in [6, 6.07) is 13.4. The van der Waals surface area contributed by atoms with E-state index in [1.807, 2.05) is 6.92 Å². The Kier molecular flexibility index (Phi) is 8.93. The quantitative estimate of drug-likeness (QED) is 0.544. The first kappa shape index (κ1) is 25.6. The summed E-state index contributed by atoms with van der Waals surface area (Å²) in [5.41, 5.74) is 3.31. The molecule has 34 heavy (non-hydrogen) atoms. The fraction of sp³-hybridized carbons (Fsp3) is 0.481. The van der Waals surface area contributed by atoms with E-state index in [1.54, 1.807) is 12.1 Å². The zero-order valence-electron chi connectivity index (χ0n) is 19.9. The first-order chi connectivity index (χ1) is 16.0. The number of amides is 1. The highest BCUT2D eigenvalue weighted by Gasteiger charge is 2.29. The van der Waals surface area contributed by atoms with Gasteiger partial charge in [0.05, 0.1) is 19.1 Å². The summed E-state index contributed by atoms with van der Waals surface area (Å²) in [4.78, 5) is 27.0. The average Bonchev–Trinajstić information content (AvgIpc) is 3.63. The van der Waals surface area contributed by atoms with Gasteiger partial charge in [0, 0.05) is 18.8 Å². The zero-order valence-corrected chi connectivity index (χ0v) is 19.9. The van der Waals surface area contributed by atoms with E-state index in [4.69, 9.17) is 4.74 Å². The number of para-hydroxylation sites is 1. The summed E-state index contributed by atoms with van der Waals surface area (Å²) in [7, 11) is 0. The molecule has 0 bridgehead atoms. The normalized spacial score (nSPS) is 16.3. The Morgan fingerprint density at radius 2 is 1.85 bits per heavy atom. The maximum absolute atomic E-state index is 13.1. The van der Waals surface area contributed by atoms with Crippen molar-refractivity contribution in [3.8, 4) is 5.75 Å². The molecule has 1 heterocycles. The van der Waals surface area contributed by atoms with Crippen LogP contribution in [0.15, 0.2) is 42.5 Å². The number of rotatable bonds is 10. The van der Waals surface area contributed by atoms with Gasteiger partial charge in [-0.15, -0.1) is 0 Å². The largest absolute Gasteiger partial charge is 0.493 e. The van der Waals surface area contributed by atoms with Crippen LogP contribution in [-0.2, 0) is 11.2 Å². The van der Waals surface area contributed by atoms with Gasteiger partial charge in [0.15, 0.2) is 0 Å². The van der Waals surface area contributed by atoms with E-state index < -0.39 is 5.97 Å². The molecule has 184 valence electrons. The Morgan fingerprint density at radius 1 is 1.12 bits per heavy atom. The molecule has 2 fully saturated rings. The molecule has 0 radical (unpaired) electrons. The summed E-state index contributed by atoms with van der Waals surface area (Å²) < 4.78 is 5.50. The molecule has 4 rings (SSSR count). The SMILES string of the molecule is CCOc1cc(CC(=O)NC(CC2CC2)c2ccccc2N2CCCCC2)ccc1C(=O)O.O. The highest BCUT2D eigenvalue weighted by Crippen LogP contribution is 2.40. The van der Waals surface area contributed by atoms with Gasteiger partial charge in [0.2, 0.25) is 5.91 Å². The Morgan fingerprint density at radius 3 is 2.53 bits per heavy atom. The van der Waals surface area contributed by atoms with Crippen LogP contribution >= 0.6 is 0 Å². The number of carboxylic acid groups (broad SMARTS) is 1. The van der Waals surface area contributed by atoms with Crippen LogP contribution in [0.1, 0.15) is 73.0 Å². The molecule has 2 aliphatic rings. The number of hydrogen-bond acceptors (Lipinski definition) is 4. The molecule has 0 aromatic heterocycles. The molecule has 1 amide bonds. The molecule has 2 aromatic carbocycles. The number of aromatic carboxylic acids is 1. The van der Waals surface area contributed by atoms with E-state index in [0.29, 0.717) is 18.3 Å². The fourth-order valence-electron chi connectivity index (χ4n) is 4.71. The topological polar surface area (TPSA) is 110 Å². The van der Waals surface area contributed by atoms with Crippen LogP contribution in [0.4, 0.5) is 5.69 Å². The highest BCUT2D eigenvalue weighted by atomic mass is 16.5. The van der Waals surface area contributed by atoms with Crippen molar-refractivity contribution < 1.29 is 24.9 Å². The number of hydrogen-bond donors (Lipinski definition) is 2. The van der Waals surface area contributed by atoms with Gasteiger partial charge in [-0.1, -0.05) is 37.1 Å². The second kappa shape index (κ2) is 11.9. The first-order valence-electron chi connectivity index (χ1n) is 12.2. The standard InChI is InChI=1S/C27H34N2O4.H2O/c1-2-33-25-17-20(12-13-22(25)27(31)32)18-26(30)28-23(16-19-10-11-19)21-8-4-5-9-24(21)29-14-6-3-7-15-29;/h4-5,8-9,12-13,17,19,23H,2-3,6-7,10-11,14-16,18H2,1H3,(H,28,30)(H,31,32);1H2. The number of nitrogens with one attached hydrogen (secondary N) is 1. The number of carbonyl (C=O) groups is 2. The van der Waals surface area contributed by atoms with Crippen molar-refractivity contribution in [3.05, 3.63) is 59.2 Å². The van der Waals surface area contributed by atoms with Crippen molar-refractivity contribution >= 4 is 17.6 Å². The average molecular weight is 469 g/mol. The van der Waals surface area contributed by atoms with Gasteiger partial charge in [0.25, 0.3) is 0 Å². The molecule has 1 aliphatic heterocycles. The predicted octanol–water partition coefficient (Wildman–Crippen LogP) is 4.15. The zero-order chi connectivity index (χ0) is 23.2. The second-order valence-electron chi connectivity index (χ2n) is 9.15. The monoisotopic (exact) mass is 468 g/mol. The van der Waals surface area contributed by atoms with Crippen molar-refractivity contribution in [1.82, 2.24) is 5.32 Å². The third-order valence-corrected chi connectivity index (χ3v) is 6.55. The Bertz CT molecular complexity index is 983. The molecule has 7 nitrogen and oxygen atoms in total. The number of carboxylic acids is 1. The lowest BCUT2D eigenvalue weighted by Gasteiger charge is -2.33. The van der Waals surface area contributed by atoms with Crippen molar-refractivity contribution in [2.45, 2.75) is 57.9 Å². The number of benzene rings is 2. The molecule has 1 atom stereocenters. The number of ether oxygens (including phenoxy) is 1. The predicted molar refractivity (Wildman–Crippen MR) is 133 cm³/mol. The van der Waals surface area contributed by atoms with E-state index >= 15 is 0 Å². The van der Waals surface area contributed by atoms with Gasteiger partial charge < -0.3 is 25.5 Å². The summed E-state index contributed by atoms with van der Waals surface area (Å²) >= 11 is 0. The fourth-order valence-corrected chi connectivity index (χ4v) is 4.71. The van der Waals surface area contributed by atoms with Crippen molar-refractivity contribution in [1.29, 1.82) is 0 Å². The van der Waals surface area contributed by atoms with Crippen LogP contribution < -0.4 is 15.0 Å². The second-order valence-corrected chi connectivity index (χ2v) is 9.15. The highest BCUT2D eigenvalue weighted by molar-refractivity contribution is 5.91. The van der Waals surface area contributed by atoms with Crippen LogP contribution in [0.5, 0.6) is 5.75 Å². The smallest absolute Gasteiger partial charge is 0.339 e. The van der Waals surface area contributed by atoms with Gasteiger partial charge in [-0.25, -0.2) is 4.79 Å². The lowest BCUT2D eigenvalue weighted by molar-refractivity contribution is -0.121. The molecule has 7 heteroatoms. The summed E-state index contributed by atoms with van der Waals surface area (Å²) in [6.45, 7) is 4.31. The minimum atomic E-state index is -1.03. The van der Waals surface area contributed by atoms with E-state index in [0.717, 1.165) is 25.1 Å². The van der Waals surface area contributed by atoms with E-state index in [-0.39, 0.29) is 29.4 Å². The molecule has 1 unspecified atom stereocenters. The Hall–Kier alpha value is -3.06. The maximum atomic E-state index is 13.1. The summed E-state index contributed by atoms with van der Waals surface area (Å²) in [5.74, 6) is -0.114. The third kappa shape index (κ3) is 6.50. The number of piperidine rings is 1. The van der Waals surface area contributed by atoms with Crippen molar-refractivity contribution in [3.63, 3.8) is 0 Å². The summed E-state index contributed by atoms with van der Waals surface area (Å²) in [6.07, 6.45) is 7.31. The van der Waals surface area contributed by atoms with Gasteiger partial charge in [0.1, 0.15) is 11.3 Å². The minimum Gasteiger partial charge on any atom is -0.493 e. The van der Waals surface area contributed by atoms with Gasteiger partial charge in [-0.3, -0.25) is 4.79 Å². The Labute approximate surface area is 201 Å². The molecule has 1 saturated carbocycles. The minimum absolute atomic E-state index is 0. The molecular formula is C27H36N2O5. The molecule has 0 spiro atoms. The Balaban J connectivity index is 0.00000324.